The van der Waals surface area contributed by atoms with Gasteiger partial charge >= 0.3 is 0 Å². The van der Waals surface area contributed by atoms with Gasteiger partial charge in [-0.05, 0) is 36.8 Å². The van der Waals surface area contributed by atoms with Crippen LogP contribution in [0.2, 0.25) is 5.02 Å². The molecule has 0 saturated carbocycles. The molecule has 0 bridgehead atoms. The van der Waals surface area contributed by atoms with Crippen LogP contribution >= 0.6 is 11.6 Å². The summed E-state index contributed by atoms with van der Waals surface area (Å²) in [5, 5.41) is 10.6. The summed E-state index contributed by atoms with van der Waals surface area (Å²) in [7, 11) is 0. The van der Waals surface area contributed by atoms with Gasteiger partial charge in [0.2, 0.25) is 5.91 Å². The average Bonchev–Trinajstić information content (AvgIpc) is 3.06. The summed E-state index contributed by atoms with van der Waals surface area (Å²) in [6, 6.07) is 8.97. The Morgan fingerprint density at radius 1 is 1.26 bits per heavy atom. The quantitative estimate of drug-likeness (QED) is 0.575. The molecule has 0 atom stereocenters. The summed E-state index contributed by atoms with van der Waals surface area (Å²) in [5.74, 6) is -1.18. The van der Waals surface area contributed by atoms with Gasteiger partial charge in [-0.15, -0.1) is 0 Å². The summed E-state index contributed by atoms with van der Waals surface area (Å²) >= 11 is 5.84. The first-order valence-corrected chi connectivity index (χ1v) is 8.54. The van der Waals surface area contributed by atoms with Gasteiger partial charge in [-0.25, -0.2) is 4.39 Å². The predicted octanol–water partition coefficient (Wildman–Crippen LogP) is 3.61. The number of anilines is 1. The van der Waals surface area contributed by atoms with E-state index in [1.165, 1.54) is 46.2 Å². The van der Waals surface area contributed by atoms with Crippen molar-refractivity contribution < 1.29 is 18.9 Å². The van der Waals surface area contributed by atoms with Crippen LogP contribution in [-0.4, -0.2) is 34.9 Å². The molecule has 0 N–H and O–H groups in total. The minimum Gasteiger partial charge on any atom is -0.324 e. The highest BCUT2D eigenvalue weighted by Gasteiger charge is 2.27. The minimum atomic E-state index is -0.625. The normalized spacial score (nSPS) is 13.7. The first-order valence-electron chi connectivity index (χ1n) is 8.16. The fourth-order valence-electron chi connectivity index (χ4n) is 2.82. The van der Waals surface area contributed by atoms with Crippen molar-refractivity contribution in [3.05, 3.63) is 69.0 Å². The van der Waals surface area contributed by atoms with Gasteiger partial charge in [0.25, 0.3) is 11.6 Å². The lowest BCUT2D eigenvalue weighted by molar-refractivity contribution is -0.384. The molecule has 0 aliphatic carbocycles. The van der Waals surface area contributed by atoms with E-state index in [9.17, 15) is 24.1 Å². The number of non-ortho nitro benzene ring substituents is 1. The first kappa shape index (κ1) is 18.8. The van der Waals surface area contributed by atoms with E-state index in [-0.39, 0.29) is 28.8 Å². The lowest BCUT2D eigenvalue weighted by Gasteiger charge is -2.28. The average molecular weight is 392 g/mol. The Hall–Kier alpha value is -3.00. The summed E-state index contributed by atoms with van der Waals surface area (Å²) < 4.78 is 13.5. The largest absolute Gasteiger partial charge is 0.324 e. The summed E-state index contributed by atoms with van der Waals surface area (Å²) in [5.41, 5.74) is 0.384. The van der Waals surface area contributed by atoms with Crippen molar-refractivity contribution in [1.29, 1.82) is 0 Å². The molecule has 0 unspecified atom stereocenters. The van der Waals surface area contributed by atoms with E-state index in [0.717, 1.165) is 6.07 Å². The number of amides is 2. The molecule has 0 radical (unpaired) electrons. The summed E-state index contributed by atoms with van der Waals surface area (Å²) in [6.07, 6.45) is 1.10. The highest BCUT2D eigenvalue weighted by atomic mass is 35.5. The minimum absolute atomic E-state index is 0.0172. The fourth-order valence-corrected chi connectivity index (χ4v) is 3.00. The van der Waals surface area contributed by atoms with Crippen LogP contribution in [0.25, 0.3) is 0 Å². The molecule has 9 heteroatoms. The Balaban J connectivity index is 1.94. The molecule has 0 aromatic heterocycles. The van der Waals surface area contributed by atoms with Gasteiger partial charge in [-0.2, -0.15) is 0 Å². The van der Waals surface area contributed by atoms with Crippen molar-refractivity contribution in [3.63, 3.8) is 0 Å². The van der Waals surface area contributed by atoms with Gasteiger partial charge in [0.05, 0.1) is 9.95 Å². The molecule has 7 nitrogen and oxygen atoms in total. The van der Waals surface area contributed by atoms with Gasteiger partial charge in [0.1, 0.15) is 12.5 Å². The number of carbonyl (C=O) groups excluding carboxylic acids is 2. The molecule has 3 rings (SSSR count). The molecule has 1 aliphatic heterocycles. The standard InChI is InChI=1S/C18H15ClFN3O4/c19-15-10-14(7-8-16(15)20)22(11-21-9-1-2-17(21)24)18(25)12-3-5-13(6-4-12)23(26)27/h3-8,10H,1-2,9,11H2. The first-order chi connectivity index (χ1) is 12.9. The number of nitrogens with zero attached hydrogens (tertiary/aromatic N) is 3. The third-order valence-electron chi connectivity index (χ3n) is 4.27. The monoisotopic (exact) mass is 391 g/mol. The Morgan fingerprint density at radius 3 is 2.52 bits per heavy atom. The van der Waals surface area contributed by atoms with E-state index in [1.54, 1.807) is 0 Å². The Kier molecular flexibility index (Phi) is 5.36. The Labute approximate surface area is 159 Å². The van der Waals surface area contributed by atoms with Gasteiger partial charge in [-0.3, -0.25) is 24.6 Å². The van der Waals surface area contributed by atoms with E-state index in [4.69, 9.17) is 11.6 Å². The maximum atomic E-state index is 13.5. The lowest BCUT2D eigenvalue weighted by Crippen LogP contribution is -2.42. The highest BCUT2D eigenvalue weighted by Crippen LogP contribution is 2.26. The van der Waals surface area contributed by atoms with Crippen LogP contribution in [0.4, 0.5) is 15.8 Å². The number of rotatable bonds is 5. The molecule has 1 saturated heterocycles. The van der Waals surface area contributed by atoms with Gasteiger partial charge in [0, 0.05) is 36.3 Å². The molecule has 140 valence electrons. The molecule has 1 heterocycles. The second kappa shape index (κ2) is 7.71. The van der Waals surface area contributed by atoms with Crippen molar-refractivity contribution in [2.24, 2.45) is 0 Å². The number of nitro benzene ring substituents is 1. The molecular formula is C18H15ClFN3O4. The number of benzene rings is 2. The lowest BCUT2D eigenvalue weighted by atomic mass is 10.1. The second-order valence-electron chi connectivity index (χ2n) is 6.04. The van der Waals surface area contributed by atoms with Gasteiger partial charge in [-0.1, -0.05) is 11.6 Å². The van der Waals surface area contributed by atoms with Crippen molar-refractivity contribution in [2.75, 3.05) is 18.1 Å². The van der Waals surface area contributed by atoms with Crippen LogP contribution < -0.4 is 4.90 Å². The zero-order valence-corrected chi connectivity index (χ0v) is 14.9. The number of hydrogen-bond donors (Lipinski definition) is 0. The Morgan fingerprint density at radius 2 is 1.96 bits per heavy atom. The number of hydrogen-bond acceptors (Lipinski definition) is 4. The van der Waals surface area contributed by atoms with Crippen LogP contribution in [0.3, 0.4) is 0 Å². The van der Waals surface area contributed by atoms with Crippen molar-refractivity contribution in [1.82, 2.24) is 4.90 Å². The van der Waals surface area contributed by atoms with Gasteiger partial charge < -0.3 is 4.90 Å². The van der Waals surface area contributed by atoms with E-state index in [1.807, 2.05) is 0 Å². The van der Waals surface area contributed by atoms with Crippen LogP contribution in [0.5, 0.6) is 0 Å². The zero-order valence-electron chi connectivity index (χ0n) is 14.1. The van der Waals surface area contributed by atoms with Crippen LogP contribution in [0, 0.1) is 15.9 Å². The predicted molar refractivity (Wildman–Crippen MR) is 97.1 cm³/mol. The van der Waals surface area contributed by atoms with E-state index < -0.39 is 16.6 Å². The van der Waals surface area contributed by atoms with E-state index in [2.05, 4.69) is 0 Å². The summed E-state index contributed by atoms with van der Waals surface area (Å²) in [6.45, 7) is 0.494. The SMILES string of the molecule is O=C1CCCN1CN(C(=O)c1ccc([N+](=O)[O-])cc1)c1ccc(F)c(Cl)c1. The fraction of sp³-hybridized carbons (Fsp3) is 0.222. The molecule has 1 fully saturated rings. The van der Waals surface area contributed by atoms with Crippen LogP contribution in [0.15, 0.2) is 42.5 Å². The van der Waals surface area contributed by atoms with Crippen molar-refractivity contribution in [2.45, 2.75) is 12.8 Å². The van der Waals surface area contributed by atoms with Crippen LogP contribution in [-0.2, 0) is 4.79 Å². The van der Waals surface area contributed by atoms with Crippen molar-refractivity contribution >= 4 is 34.8 Å². The highest BCUT2D eigenvalue weighted by molar-refractivity contribution is 6.31. The topological polar surface area (TPSA) is 83.8 Å². The maximum absolute atomic E-state index is 13.5. The van der Waals surface area contributed by atoms with E-state index in [0.29, 0.717) is 25.1 Å². The molecule has 2 amide bonds. The summed E-state index contributed by atoms with van der Waals surface area (Å²) in [4.78, 5) is 38.0. The zero-order chi connectivity index (χ0) is 19.6. The molecule has 0 spiro atoms. The van der Waals surface area contributed by atoms with Gasteiger partial charge in [0.15, 0.2) is 0 Å². The maximum Gasteiger partial charge on any atom is 0.269 e. The van der Waals surface area contributed by atoms with Crippen LogP contribution in [0.1, 0.15) is 23.2 Å². The molecule has 2 aromatic carbocycles. The third kappa shape index (κ3) is 4.06. The second-order valence-corrected chi connectivity index (χ2v) is 6.44. The third-order valence-corrected chi connectivity index (χ3v) is 4.56. The molecule has 2 aromatic rings. The number of nitro groups is 1. The number of carbonyl (C=O) groups is 2. The van der Waals surface area contributed by atoms with Crippen molar-refractivity contribution in [3.8, 4) is 0 Å². The van der Waals surface area contributed by atoms with E-state index >= 15 is 0 Å². The molecule has 1 aliphatic rings. The Bertz CT molecular complexity index is 904. The molecular weight excluding hydrogens is 377 g/mol. The number of halogens is 2. The molecule has 27 heavy (non-hydrogen) atoms. The smallest absolute Gasteiger partial charge is 0.269 e. The number of likely N-dealkylation sites (tertiary alicyclic amines) is 1.